The Labute approximate surface area is 145 Å². The fourth-order valence-electron chi connectivity index (χ4n) is 2.39. The van der Waals surface area contributed by atoms with E-state index in [1.165, 1.54) is 11.8 Å². The molecule has 3 aromatic rings. The van der Waals surface area contributed by atoms with Gasteiger partial charge in [-0.3, -0.25) is 0 Å². The van der Waals surface area contributed by atoms with Crippen molar-refractivity contribution in [2.45, 2.75) is 18.2 Å². The van der Waals surface area contributed by atoms with Gasteiger partial charge in [0.1, 0.15) is 11.6 Å². The molecule has 0 saturated carbocycles. The molecule has 0 bridgehead atoms. The summed E-state index contributed by atoms with van der Waals surface area (Å²) in [6, 6.07) is 7.95. The van der Waals surface area contributed by atoms with Gasteiger partial charge in [0, 0.05) is 6.54 Å². The summed E-state index contributed by atoms with van der Waals surface area (Å²) < 4.78 is 7.08. The molecular formula is C17H19N5OS. The monoisotopic (exact) mass is 341 g/mol. The van der Waals surface area contributed by atoms with Crippen LogP contribution in [0.3, 0.4) is 0 Å². The van der Waals surface area contributed by atoms with E-state index >= 15 is 0 Å². The summed E-state index contributed by atoms with van der Waals surface area (Å²) in [7, 11) is 1.67. The maximum absolute atomic E-state index is 5.26. The van der Waals surface area contributed by atoms with Gasteiger partial charge in [0.15, 0.2) is 10.8 Å². The summed E-state index contributed by atoms with van der Waals surface area (Å²) in [5.74, 6) is 1.62. The van der Waals surface area contributed by atoms with Crippen LogP contribution in [0.2, 0.25) is 0 Å². The van der Waals surface area contributed by atoms with Crippen LogP contribution in [0.25, 0.3) is 11.0 Å². The van der Waals surface area contributed by atoms with Gasteiger partial charge in [-0.05, 0) is 24.0 Å². The number of rotatable bonds is 7. The van der Waals surface area contributed by atoms with E-state index in [9.17, 15) is 0 Å². The number of methoxy groups -OCH3 is 1. The second-order valence-electron chi connectivity index (χ2n) is 5.12. The van der Waals surface area contributed by atoms with Crippen LogP contribution in [0.5, 0.6) is 5.75 Å². The van der Waals surface area contributed by atoms with Crippen LogP contribution in [0.15, 0.2) is 48.3 Å². The molecule has 6 nitrogen and oxygen atoms in total. The lowest BCUT2D eigenvalue weighted by Crippen LogP contribution is -2.05. The Balaban J connectivity index is 1.91. The van der Waals surface area contributed by atoms with Gasteiger partial charge in [0.25, 0.3) is 0 Å². The first-order chi connectivity index (χ1) is 11.7. The quantitative estimate of drug-likeness (QED) is 0.404. The predicted molar refractivity (Wildman–Crippen MR) is 97.6 cm³/mol. The Kier molecular flexibility index (Phi) is 5.00. The zero-order chi connectivity index (χ0) is 16.9. The van der Waals surface area contributed by atoms with E-state index in [1.807, 2.05) is 35.2 Å². The first-order valence-electron chi connectivity index (χ1n) is 7.50. The van der Waals surface area contributed by atoms with E-state index < -0.39 is 0 Å². The third kappa shape index (κ3) is 3.35. The summed E-state index contributed by atoms with van der Waals surface area (Å²) in [6.07, 6.45) is 5.55. The van der Waals surface area contributed by atoms with Crippen molar-refractivity contribution in [3.05, 3.63) is 48.7 Å². The molecule has 0 radical (unpaired) electrons. The second-order valence-corrected chi connectivity index (χ2v) is 5.89. The van der Waals surface area contributed by atoms with Crippen LogP contribution in [0, 0.1) is 0 Å². The number of hydrogen-bond acceptors (Lipinski definition) is 6. The number of hydrogen-bond donors (Lipinski definition) is 1. The van der Waals surface area contributed by atoms with Crippen molar-refractivity contribution in [2.75, 3.05) is 18.7 Å². The summed E-state index contributed by atoms with van der Waals surface area (Å²) >= 11 is 1.51. The highest BCUT2D eigenvalue weighted by atomic mass is 32.2. The Morgan fingerprint density at radius 3 is 3.00 bits per heavy atom. The molecule has 2 heterocycles. The largest absolute Gasteiger partial charge is 0.497 e. The highest BCUT2D eigenvalue weighted by molar-refractivity contribution is 7.98. The summed E-state index contributed by atoms with van der Waals surface area (Å²) in [5, 5.41) is 9.37. The number of anilines is 1. The molecule has 1 aromatic carbocycles. The number of nitrogens with zero attached hydrogens (tertiary/aromatic N) is 4. The molecule has 0 fully saturated rings. The maximum Gasteiger partial charge on any atom is 0.191 e. The molecule has 0 amide bonds. The summed E-state index contributed by atoms with van der Waals surface area (Å²) in [4.78, 5) is 9.14. The highest BCUT2D eigenvalue weighted by Crippen LogP contribution is 2.24. The van der Waals surface area contributed by atoms with Gasteiger partial charge in [0.2, 0.25) is 0 Å². The predicted octanol–water partition coefficient (Wildman–Crippen LogP) is 3.35. The average Bonchev–Trinajstić information content (AvgIpc) is 3.03. The molecule has 0 aliphatic rings. The molecular weight excluding hydrogens is 322 g/mol. The van der Waals surface area contributed by atoms with E-state index in [2.05, 4.69) is 27.0 Å². The Hall–Kier alpha value is -2.54. The third-order valence-electron chi connectivity index (χ3n) is 3.55. The minimum Gasteiger partial charge on any atom is -0.497 e. The minimum atomic E-state index is 0.615. The zero-order valence-corrected chi connectivity index (χ0v) is 14.5. The molecule has 24 heavy (non-hydrogen) atoms. The molecule has 0 spiro atoms. The highest BCUT2D eigenvalue weighted by Gasteiger charge is 2.12. The third-order valence-corrected chi connectivity index (χ3v) is 4.10. The standard InChI is InChI=1S/C17H19N5OS/c1-4-8-22-16-14(11-19-22)15(20-17(21-16)24-3)18-10-12-6-5-7-13(9-12)23-2/h4-7,9,11H,1,8,10H2,2-3H3,(H,18,20,21). The van der Waals surface area contributed by atoms with Crippen LogP contribution in [0.4, 0.5) is 5.82 Å². The fourth-order valence-corrected chi connectivity index (χ4v) is 2.75. The van der Waals surface area contributed by atoms with Crippen molar-refractivity contribution in [3.63, 3.8) is 0 Å². The normalized spacial score (nSPS) is 10.8. The molecule has 1 N–H and O–H groups in total. The number of benzene rings is 1. The number of allylic oxidation sites excluding steroid dienone is 1. The Morgan fingerprint density at radius 1 is 1.38 bits per heavy atom. The van der Waals surface area contributed by atoms with E-state index in [4.69, 9.17) is 4.74 Å². The van der Waals surface area contributed by atoms with Crippen LogP contribution in [-0.2, 0) is 13.1 Å². The van der Waals surface area contributed by atoms with Gasteiger partial charge in [-0.1, -0.05) is 30.0 Å². The van der Waals surface area contributed by atoms with Gasteiger partial charge in [0.05, 0.1) is 25.2 Å². The number of thioether (sulfide) groups is 1. The fraction of sp³-hybridized carbons (Fsp3) is 0.235. The van der Waals surface area contributed by atoms with Crippen molar-refractivity contribution in [2.24, 2.45) is 0 Å². The Morgan fingerprint density at radius 2 is 2.25 bits per heavy atom. The molecule has 7 heteroatoms. The SMILES string of the molecule is C=CCn1ncc2c(NCc3cccc(OC)c3)nc(SC)nc21. The van der Waals surface area contributed by atoms with Crippen molar-refractivity contribution in [1.82, 2.24) is 19.7 Å². The first kappa shape index (κ1) is 16.3. The van der Waals surface area contributed by atoms with Crippen molar-refractivity contribution in [1.29, 1.82) is 0 Å². The summed E-state index contributed by atoms with van der Waals surface area (Å²) in [6.45, 7) is 5.02. The lowest BCUT2D eigenvalue weighted by Gasteiger charge is -2.09. The lowest BCUT2D eigenvalue weighted by atomic mass is 10.2. The number of nitrogens with one attached hydrogen (secondary N) is 1. The molecule has 124 valence electrons. The molecule has 0 saturated heterocycles. The topological polar surface area (TPSA) is 64.9 Å². The van der Waals surface area contributed by atoms with Gasteiger partial charge in [-0.25, -0.2) is 14.6 Å². The smallest absolute Gasteiger partial charge is 0.191 e. The molecule has 0 atom stereocenters. The second kappa shape index (κ2) is 7.35. The first-order valence-corrected chi connectivity index (χ1v) is 8.73. The van der Waals surface area contributed by atoms with Crippen molar-refractivity contribution < 1.29 is 4.74 Å². The maximum atomic E-state index is 5.26. The van der Waals surface area contributed by atoms with Gasteiger partial charge in [-0.2, -0.15) is 5.10 Å². The minimum absolute atomic E-state index is 0.615. The molecule has 0 aliphatic carbocycles. The van der Waals surface area contributed by atoms with Gasteiger partial charge >= 0.3 is 0 Å². The van der Waals surface area contributed by atoms with E-state index in [0.29, 0.717) is 18.2 Å². The Bertz CT molecular complexity index is 861. The zero-order valence-electron chi connectivity index (χ0n) is 13.7. The van der Waals surface area contributed by atoms with Crippen LogP contribution >= 0.6 is 11.8 Å². The molecule has 0 unspecified atom stereocenters. The summed E-state index contributed by atoms with van der Waals surface area (Å²) in [5.41, 5.74) is 1.92. The van der Waals surface area contributed by atoms with Crippen LogP contribution in [-0.4, -0.2) is 33.1 Å². The van der Waals surface area contributed by atoms with E-state index in [0.717, 1.165) is 28.2 Å². The number of aromatic nitrogens is 4. The van der Waals surface area contributed by atoms with Crippen molar-refractivity contribution >= 4 is 28.6 Å². The van der Waals surface area contributed by atoms with Gasteiger partial charge in [-0.15, -0.1) is 6.58 Å². The molecule has 2 aromatic heterocycles. The molecule has 0 aliphatic heterocycles. The van der Waals surface area contributed by atoms with Crippen LogP contribution in [0.1, 0.15) is 5.56 Å². The average molecular weight is 341 g/mol. The van der Waals surface area contributed by atoms with Gasteiger partial charge < -0.3 is 10.1 Å². The molecule has 3 rings (SSSR count). The van der Waals surface area contributed by atoms with Crippen LogP contribution < -0.4 is 10.1 Å². The number of fused-ring (bicyclic) bond motifs is 1. The van der Waals surface area contributed by atoms with E-state index in [-0.39, 0.29) is 0 Å². The number of ether oxygens (including phenoxy) is 1. The van der Waals surface area contributed by atoms with Crippen molar-refractivity contribution in [3.8, 4) is 5.75 Å². The van der Waals surface area contributed by atoms with E-state index in [1.54, 1.807) is 19.4 Å². The lowest BCUT2D eigenvalue weighted by molar-refractivity contribution is 0.414.